The van der Waals surface area contributed by atoms with Gasteiger partial charge >= 0.3 is 0 Å². The first-order valence-corrected chi connectivity index (χ1v) is 30.4. The number of hydrogen-bond acceptors (Lipinski definition) is 5. The second-order valence-corrected chi connectivity index (χ2v) is 26.7. The molecule has 4 aliphatic heterocycles. The van der Waals surface area contributed by atoms with Gasteiger partial charge in [-0.1, -0.05) is 216 Å². The summed E-state index contributed by atoms with van der Waals surface area (Å²) in [5, 5.41) is 2.55. The Morgan fingerprint density at radius 2 is 0.756 bits per heavy atom. The molecule has 0 spiro atoms. The van der Waals surface area contributed by atoms with Gasteiger partial charge in [-0.05, 0) is 147 Å². The first-order valence-electron chi connectivity index (χ1n) is 28.7. The van der Waals surface area contributed by atoms with Gasteiger partial charge in [0.05, 0.1) is 11.0 Å². The molecule has 0 saturated carbocycles. The fourth-order valence-corrected chi connectivity index (χ4v) is 16.2. The Bertz CT molecular complexity index is 4460. The Labute approximate surface area is 490 Å². The van der Waals surface area contributed by atoms with Crippen molar-refractivity contribution in [2.75, 3.05) is 14.7 Å². The zero-order chi connectivity index (χ0) is 55.2. The molecule has 0 atom stereocenters. The smallest absolute Gasteiger partial charge is 0.249 e. The van der Waals surface area contributed by atoms with E-state index in [2.05, 4.69) is 303 Å². The lowest BCUT2D eigenvalue weighted by molar-refractivity contribution is 0.591. The van der Waals surface area contributed by atoms with Gasteiger partial charge in [0.1, 0.15) is 0 Å². The maximum absolute atomic E-state index is 2.64. The quantitative estimate of drug-likeness (QED) is 0.154. The van der Waals surface area contributed by atoms with Crippen LogP contribution in [0.3, 0.4) is 0 Å². The van der Waals surface area contributed by atoms with E-state index in [1.807, 2.05) is 23.5 Å². The number of nitrogens with zero attached hydrogens (tertiary/aromatic N) is 4. The van der Waals surface area contributed by atoms with Gasteiger partial charge in [0, 0.05) is 87.2 Å². The van der Waals surface area contributed by atoms with E-state index in [0.29, 0.717) is 0 Å². The van der Waals surface area contributed by atoms with Crippen molar-refractivity contribution >= 4 is 143 Å². The Hall–Kier alpha value is -8.55. The highest BCUT2D eigenvalue weighted by atomic mass is 32.2. The Kier molecular flexibility index (Phi) is 11.1. The number of para-hydroxylation sites is 6. The van der Waals surface area contributed by atoms with Crippen LogP contribution in [-0.4, -0.2) is 18.0 Å². The van der Waals surface area contributed by atoms with Crippen LogP contribution in [0.25, 0.3) is 27.5 Å². The lowest BCUT2D eigenvalue weighted by Gasteiger charge is -2.43. The summed E-state index contributed by atoms with van der Waals surface area (Å²) in [5.74, 6) is 0. The Morgan fingerprint density at radius 3 is 1.23 bits per heavy atom. The molecule has 11 aromatic carbocycles. The molecule has 82 heavy (non-hydrogen) atoms. The van der Waals surface area contributed by atoms with E-state index in [9.17, 15) is 0 Å². The second-order valence-electron chi connectivity index (χ2n) is 24.5. The lowest BCUT2D eigenvalue weighted by atomic mass is 9.32. The van der Waals surface area contributed by atoms with Crippen molar-refractivity contribution in [1.29, 1.82) is 0 Å². The molecule has 0 saturated heterocycles. The minimum atomic E-state index is -0.0283. The highest BCUT2D eigenvalue weighted by molar-refractivity contribution is 8.01. The van der Waals surface area contributed by atoms with Crippen LogP contribution in [0.1, 0.15) is 52.7 Å². The summed E-state index contributed by atoms with van der Waals surface area (Å²) in [6.07, 6.45) is 0. The minimum absolute atomic E-state index is 0.00200. The number of fused-ring (bicyclic) bond motifs is 11. The van der Waals surface area contributed by atoms with E-state index in [0.717, 1.165) is 28.4 Å². The van der Waals surface area contributed by atoms with E-state index >= 15 is 0 Å². The van der Waals surface area contributed by atoms with Crippen molar-refractivity contribution in [3.05, 3.63) is 254 Å². The molecule has 0 radical (unpaired) electrons. The molecular formula is C74H58B2N4S2. The Morgan fingerprint density at radius 1 is 0.329 bits per heavy atom. The summed E-state index contributed by atoms with van der Waals surface area (Å²) in [5.41, 5.74) is 24.9. The van der Waals surface area contributed by atoms with Crippen LogP contribution in [0.4, 0.5) is 51.2 Å². The van der Waals surface area contributed by atoms with Gasteiger partial charge in [-0.2, -0.15) is 0 Å². The molecule has 1 aromatic heterocycles. The first-order chi connectivity index (χ1) is 39.9. The fourth-order valence-electron chi connectivity index (χ4n) is 13.7. The van der Waals surface area contributed by atoms with Crippen LogP contribution in [0, 0.1) is 0 Å². The highest BCUT2D eigenvalue weighted by Crippen LogP contribution is 2.49. The van der Waals surface area contributed by atoms with E-state index < -0.39 is 0 Å². The summed E-state index contributed by atoms with van der Waals surface area (Å²) in [6, 6.07) is 91.6. The van der Waals surface area contributed by atoms with E-state index in [1.54, 1.807) is 0 Å². The maximum atomic E-state index is 2.64. The van der Waals surface area contributed by atoms with Crippen LogP contribution in [0.2, 0.25) is 0 Å². The van der Waals surface area contributed by atoms with Crippen LogP contribution in [0.15, 0.2) is 262 Å². The highest BCUT2D eigenvalue weighted by Gasteiger charge is 2.46. The van der Waals surface area contributed by atoms with E-state index in [4.69, 9.17) is 0 Å². The molecule has 0 aliphatic carbocycles. The molecule has 4 nitrogen and oxygen atoms in total. The van der Waals surface area contributed by atoms with Crippen molar-refractivity contribution in [3.63, 3.8) is 0 Å². The number of hydrogen-bond donors (Lipinski definition) is 0. The number of benzene rings is 11. The fraction of sp³-hybridized carbons (Fsp3) is 0.108. The van der Waals surface area contributed by atoms with Crippen LogP contribution in [-0.2, 0) is 10.8 Å². The van der Waals surface area contributed by atoms with Crippen molar-refractivity contribution in [3.8, 4) is 5.69 Å². The van der Waals surface area contributed by atoms with Gasteiger partial charge in [-0.15, -0.1) is 0 Å². The van der Waals surface area contributed by atoms with Gasteiger partial charge in [-0.25, -0.2) is 0 Å². The lowest BCUT2D eigenvalue weighted by Crippen LogP contribution is -2.63. The Balaban J connectivity index is 0.946. The molecule has 0 bridgehead atoms. The summed E-state index contributed by atoms with van der Waals surface area (Å²) in [4.78, 5) is 12.7. The third-order valence-corrected chi connectivity index (χ3v) is 19.8. The standard InChI is InChI=1S/C74H58B2N4S2/c1-73(2,3)47-35-37-55-56-38-36-48(74(4,5)6)40-64(56)80(63(55)39-47)54-42-66-72-70(44-54)82-68-46-67-59(45-60(68)76(72)58-32-20-22-34-62(58)79(66)52-29-17-10-18-30-52)75-57-31-19-21-33-61(57)78(51-27-15-9-16-28-51)65-41-53(43-69(81-67)71(65)75)77(49-23-11-7-12-24-49)50-25-13-8-14-26-50/h7-46H,1-6H3. The number of anilines is 9. The maximum Gasteiger partial charge on any atom is 0.249 e. The molecule has 5 heterocycles. The number of rotatable bonds is 6. The monoisotopic (exact) mass is 1090 g/mol. The summed E-state index contributed by atoms with van der Waals surface area (Å²) < 4.78 is 2.59. The van der Waals surface area contributed by atoms with Gasteiger partial charge in [0.25, 0.3) is 0 Å². The van der Waals surface area contributed by atoms with Crippen LogP contribution in [0.5, 0.6) is 0 Å². The topological polar surface area (TPSA) is 14.7 Å². The summed E-state index contributed by atoms with van der Waals surface area (Å²) in [6.45, 7) is 14.0. The van der Waals surface area contributed by atoms with Gasteiger partial charge < -0.3 is 19.3 Å². The normalized spacial score (nSPS) is 13.8. The first kappa shape index (κ1) is 49.3. The van der Waals surface area contributed by atoms with Gasteiger partial charge in [-0.3, -0.25) is 0 Å². The predicted molar refractivity (Wildman–Crippen MR) is 353 cm³/mol. The third-order valence-electron chi connectivity index (χ3n) is 17.5. The van der Waals surface area contributed by atoms with Crippen molar-refractivity contribution in [1.82, 2.24) is 4.57 Å². The molecule has 0 amide bonds. The molecule has 12 aromatic rings. The molecule has 4 aliphatic rings. The molecule has 0 fully saturated rings. The zero-order valence-corrected chi connectivity index (χ0v) is 48.5. The van der Waals surface area contributed by atoms with Crippen molar-refractivity contribution in [2.45, 2.75) is 72.0 Å². The SMILES string of the molecule is CC(C)(C)c1ccc2c3ccc(C(C)(C)C)cc3n(-c3cc4c5c(c3)N(c3ccccc3)c3ccccc3B5c3cc5c(cc3S4)Sc3cc(N(c4ccccc4)c4ccccc4)cc4c3B5c3ccccc3N4c3ccccc3)c2c1. The average molecular weight is 1090 g/mol. The average Bonchev–Trinajstić information content (AvgIpc) is 1.13. The van der Waals surface area contributed by atoms with Crippen LogP contribution < -0.4 is 47.5 Å². The van der Waals surface area contributed by atoms with Crippen LogP contribution >= 0.6 is 23.5 Å². The second kappa shape index (κ2) is 18.5. The molecule has 8 heteroatoms. The largest absolute Gasteiger partial charge is 0.311 e. The number of aromatic nitrogens is 1. The predicted octanol–water partition coefficient (Wildman–Crippen LogP) is 16.4. The van der Waals surface area contributed by atoms with E-state index in [1.165, 1.54) is 114 Å². The van der Waals surface area contributed by atoms with Crippen molar-refractivity contribution < 1.29 is 0 Å². The minimum Gasteiger partial charge on any atom is -0.311 e. The molecular weight excluding hydrogens is 1030 g/mol. The van der Waals surface area contributed by atoms with Gasteiger partial charge in [0.15, 0.2) is 0 Å². The van der Waals surface area contributed by atoms with Crippen molar-refractivity contribution in [2.24, 2.45) is 0 Å². The summed E-state index contributed by atoms with van der Waals surface area (Å²) >= 11 is 3.89. The zero-order valence-electron chi connectivity index (χ0n) is 46.9. The summed E-state index contributed by atoms with van der Waals surface area (Å²) in [7, 11) is 0. The molecule has 0 N–H and O–H groups in total. The van der Waals surface area contributed by atoms with E-state index in [-0.39, 0.29) is 24.3 Å². The molecule has 392 valence electrons. The molecule has 16 rings (SSSR count). The van der Waals surface area contributed by atoms with Gasteiger partial charge in [0.2, 0.25) is 13.4 Å². The molecule has 0 unspecified atom stereocenters. The third kappa shape index (κ3) is 7.64.